The van der Waals surface area contributed by atoms with E-state index in [2.05, 4.69) is 16.4 Å². The van der Waals surface area contributed by atoms with Crippen LogP contribution in [0.4, 0.5) is 5.82 Å². The highest BCUT2D eigenvalue weighted by Crippen LogP contribution is 2.35. The predicted octanol–water partition coefficient (Wildman–Crippen LogP) is 3.01. The van der Waals surface area contributed by atoms with Gasteiger partial charge in [-0.3, -0.25) is 4.79 Å². The minimum atomic E-state index is -0.0676. The molecule has 1 atom stereocenters. The lowest BCUT2D eigenvalue weighted by Crippen LogP contribution is -2.30. The molecule has 1 aliphatic rings. The van der Waals surface area contributed by atoms with E-state index >= 15 is 0 Å². The summed E-state index contributed by atoms with van der Waals surface area (Å²) >= 11 is 5.77. The lowest BCUT2D eigenvalue weighted by atomic mass is 9.77. The second kappa shape index (κ2) is 4.42. The second-order valence-electron chi connectivity index (χ2n) is 4.29. The minimum Gasteiger partial charge on any atom is -0.310 e. The number of pyridine rings is 1. The summed E-state index contributed by atoms with van der Waals surface area (Å²) in [6, 6.07) is 13.2. The zero-order valence-electron chi connectivity index (χ0n) is 9.56. The Morgan fingerprint density at radius 2 is 2.06 bits per heavy atom. The Balaban J connectivity index is 1.75. The van der Waals surface area contributed by atoms with E-state index in [0.29, 0.717) is 11.0 Å². The van der Waals surface area contributed by atoms with Gasteiger partial charge in [0.15, 0.2) is 0 Å². The number of carbonyl (C=O) groups is 1. The van der Waals surface area contributed by atoms with Gasteiger partial charge in [-0.15, -0.1) is 0 Å². The summed E-state index contributed by atoms with van der Waals surface area (Å²) in [7, 11) is 0. The molecule has 0 bridgehead atoms. The fourth-order valence-electron chi connectivity index (χ4n) is 2.18. The van der Waals surface area contributed by atoms with Gasteiger partial charge < -0.3 is 5.32 Å². The standard InChI is InChI=1S/C14H11ClN2O/c15-12-6-3-7-13(16-12)17-14(18)11-8-9-4-1-2-5-10(9)11/h1-7,11H,8H2,(H,16,17,18). The molecular formula is C14H11ClN2O. The molecule has 90 valence electrons. The number of benzene rings is 1. The molecule has 0 radical (unpaired) electrons. The molecule has 0 spiro atoms. The molecule has 1 heterocycles. The quantitative estimate of drug-likeness (QED) is 0.842. The Kier molecular flexibility index (Phi) is 2.76. The van der Waals surface area contributed by atoms with Crippen molar-refractivity contribution in [2.75, 3.05) is 5.32 Å². The lowest BCUT2D eigenvalue weighted by Gasteiger charge is -2.28. The molecule has 3 rings (SSSR count). The summed E-state index contributed by atoms with van der Waals surface area (Å²) in [4.78, 5) is 16.1. The maximum Gasteiger partial charge on any atom is 0.233 e. The van der Waals surface area contributed by atoms with Crippen molar-refractivity contribution >= 4 is 23.3 Å². The number of rotatable bonds is 2. The van der Waals surface area contributed by atoms with Crippen molar-refractivity contribution in [3.8, 4) is 0 Å². The molecule has 18 heavy (non-hydrogen) atoms. The average molecular weight is 259 g/mol. The highest BCUT2D eigenvalue weighted by molar-refractivity contribution is 6.29. The van der Waals surface area contributed by atoms with Crippen LogP contribution in [0.1, 0.15) is 17.0 Å². The molecule has 1 amide bonds. The Labute approximate surface area is 110 Å². The van der Waals surface area contributed by atoms with Crippen molar-refractivity contribution in [2.24, 2.45) is 0 Å². The zero-order valence-corrected chi connectivity index (χ0v) is 10.3. The van der Waals surface area contributed by atoms with Crippen LogP contribution in [0, 0.1) is 0 Å². The van der Waals surface area contributed by atoms with Gasteiger partial charge in [-0.2, -0.15) is 0 Å². The largest absolute Gasteiger partial charge is 0.310 e. The van der Waals surface area contributed by atoms with Gasteiger partial charge >= 0.3 is 0 Å². The van der Waals surface area contributed by atoms with Gasteiger partial charge in [0.1, 0.15) is 11.0 Å². The minimum absolute atomic E-state index is 0.0246. The first kappa shape index (κ1) is 11.2. The van der Waals surface area contributed by atoms with E-state index in [9.17, 15) is 4.79 Å². The van der Waals surface area contributed by atoms with Gasteiger partial charge in [-0.1, -0.05) is 41.9 Å². The fourth-order valence-corrected chi connectivity index (χ4v) is 2.35. The van der Waals surface area contributed by atoms with Crippen LogP contribution in [0.3, 0.4) is 0 Å². The van der Waals surface area contributed by atoms with Crippen molar-refractivity contribution in [3.05, 3.63) is 58.7 Å². The van der Waals surface area contributed by atoms with Crippen LogP contribution in [-0.2, 0) is 11.2 Å². The maximum absolute atomic E-state index is 12.1. The van der Waals surface area contributed by atoms with Crippen molar-refractivity contribution in [1.29, 1.82) is 0 Å². The summed E-state index contributed by atoms with van der Waals surface area (Å²) < 4.78 is 0. The van der Waals surface area contributed by atoms with E-state index < -0.39 is 0 Å². The van der Waals surface area contributed by atoms with Crippen molar-refractivity contribution < 1.29 is 4.79 Å². The van der Waals surface area contributed by atoms with E-state index in [-0.39, 0.29) is 11.8 Å². The Hall–Kier alpha value is -1.87. The molecule has 2 aromatic rings. The molecule has 4 heteroatoms. The van der Waals surface area contributed by atoms with Crippen LogP contribution in [0.25, 0.3) is 0 Å². The van der Waals surface area contributed by atoms with Gasteiger partial charge in [-0.05, 0) is 29.7 Å². The normalized spacial score (nSPS) is 16.6. The van der Waals surface area contributed by atoms with Gasteiger partial charge in [0, 0.05) is 0 Å². The van der Waals surface area contributed by atoms with Gasteiger partial charge in [0.25, 0.3) is 0 Å². The number of carbonyl (C=O) groups excluding carboxylic acids is 1. The van der Waals surface area contributed by atoms with E-state index in [1.165, 1.54) is 5.56 Å². The molecule has 1 N–H and O–H groups in total. The van der Waals surface area contributed by atoms with Crippen LogP contribution in [-0.4, -0.2) is 10.9 Å². The number of aromatic nitrogens is 1. The van der Waals surface area contributed by atoms with Crippen LogP contribution in [0.15, 0.2) is 42.5 Å². The number of anilines is 1. The number of hydrogen-bond donors (Lipinski definition) is 1. The molecule has 0 aliphatic heterocycles. The molecule has 1 aromatic heterocycles. The van der Waals surface area contributed by atoms with Crippen LogP contribution < -0.4 is 5.32 Å². The van der Waals surface area contributed by atoms with Crippen LogP contribution in [0.5, 0.6) is 0 Å². The van der Waals surface area contributed by atoms with E-state index in [0.717, 1.165) is 12.0 Å². The topological polar surface area (TPSA) is 42.0 Å². The average Bonchev–Trinajstić information content (AvgIpc) is 2.30. The third-order valence-corrected chi connectivity index (χ3v) is 3.35. The number of hydrogen-bond acceptors (Lipinski definition) is 2. The van der Waals surface area contributed by atoms with Crippen molar-refractivity contribution in [1.82, 2.24) is 4.98 Å². The molecular weight excluding hydrogens is 248 g/mol. The summed E-state index contributed by atoms with van der Waals surface area (Å²) in [6.07, 6.45) is 0.794. The number of fused-ring (bicyclic) bond motifs is 1. The first-order chi connectivity index (χ1) is 8.74. The SMILES string of the molecule is O=C(Nc1cccc(Cl)n1)C1Cc2ccccc21. The number of nitrogens with one attached hydrogen (secondary N) is 1. The second-order valence-corrected chi connectivity index (χ2v) is 4.68. The Morgan fingerprint density at radius 1 is 1.22 bits per heavy atom. The lowest BCUT2D eigenvalue weighted by molar-refractivity contribution is -0.118. The van der Waals surface area contributed by atoms with E-state index in [1.54, 1.807) is 18.2 Å². The predicted molar refractivity (Wildman–Crippen MR) is 70.8 cm³/mol. The Morgan fingerprint density at radius 3 is 2.83 bits per heavy atom. The molecule has 0 saturated heterocycles. The van der Waals surface area contributed by atoms with Crippen LogP contribution in [0.2, 0.25) is 5.15 Å². The summed E-state index contributed by atoms with van der Waals surface area (Å²) in [5, 5.41) is 3.17. The maximum atomic E-state index is 12.1. The van der Waals surface area contributed by atoms with Crippen molar-refractivity contribution in [2.45, 2.75) is 12.3 Å². The zero-order chi connectivity index (χ0) is 12.5. The molecule has 0 fully saturated rings. The van der Waals surface area contributed by atoms with Crippen LogP contribution >= 0.6 is 11.6 Å². The molecule has 0 saturated carbocycles. The summed E-state index contributed by atoms with van der Waals surface area (Å²) in [5.41, 5.74) is 2.36. The molecule has 1 unspecified atom stereocenters. The van der Waals surface area contributed by atoms with E-state index in [4.69, 9.17) is 11.6 Å². The first-order valence-corrected chi connectivity index (χ1v) is 6.13. The third kappa shape index (κ3) is 1.97. The van der Waals surface area contributed by atoms with Gasteiger partial charge in [-0.25, -0.2) is 4.98 Å². The van der Waals surface area contributed by atoms with Crippen molar-refractivity contribution in [3.63, 3.8) is 0 Å². The summed E-state index contributed by atoms with van der Waals surface area (Å²) in [5.74, 6) is 0.405. The summed E-state index contributed by atoms with van der Waals surface area (Å²) in [6.45, 7) is 0. The van der Waals surface area contributed by atoms with E-state index in [1.807, 2.05) is 18.2 Å². The number of nitrogens with zero attached hydrogens (tertiary/aromatic N) is 1. The molecule has 3 nitrogen and oxygen atoms in total. The van der Waals surface area contributed by atoms with Gasteiger partial charge in [0.05, 0.1) is 5.92 Å². The fraction of sp³-hybridized carbons (Fsp3) is 0.143. The number of halogens is 1. The monoisotopic (exact) mass is 258 g/mol. The Bertz CT molecular complexity index is 612. The highest BCUT2D eigenvalue weighted by Gasteiger charge is 2.31. The third-order valence-electron chi connectivity index (χ3n) is 3.14. The molecule has 1 aliphatic carbocycles. The number of amides is 1. The van der Waals surface area contributed by atoms with Gasteiger partial charge in [0.2, 0.25) is 5.91 Å². The molecule has 1 aromatic carbocycles. The first-order valence-electron chi connectivity index (χ1n) is 5.75. The highest BCUT2D eigenvalue weighted by atomic mass is 35.5. The smallest absolute Gasteiger partial charge is 0.233 e.